The van der Waals surface area contributed by atoms with Gasteiger partial charge in [0.1, 0.15) is 0 Å². The summed E-state index contributed by atoms with van der Waals surface area (Å²) < 4.78 is 27.0. The normalized spacial score (nSPS) is 12.3. The van der Waals surface area contributed by atoms with Crippen LogP contribution in [0.15, 0.2) is 27.6 Å². The molecule has 0 heterocycles. The Hall–Kier alpha value is -0.140. The third-order valence-corrected chi connectivity index (χ3v) is 6.08. The summed E-state index contributed by atoms with van der Waals surface area (Å²) in [7, 11) is 2.05. The van der Waals surface area contributed by atoms with Gasteiger partial charge in [0.05, 0.1) is 4.90 Å². The van der Waals surface area contributed by atoms with Crippen LogP contribution in [0.1, 0.15) is 12.0 Å². The van der Waals surface area contributed by atoms with Crippen molar-refractivity contribution in [1.29, 1.82) is 0 Å². The Morgan fingerprint density at radius 2 is 1.85 bits per heavy atom. The van der Waals surface area contributed by atoms with Crippen molar-refractivity contribution in [3.8, 4) is 0 Å². The molecule has 1 aromatic rings. The summed E-state index contributed by atoms with van der Waals surface area (Å²) in [5.74, 6) is 0.292. The van der Waals surface area contributed by atoms with Crippen molar-refractivity contribution in [3.05, 3.63) is 28.2 Å². The molecule has 0 radical (unpaired) electrons. The minimum Gasteiger partial charge on any atom is -0.309 e. The first-order chi connectivity index (χ1) is 9.28. The van der Waals surface area contributed by atoms with Gasteiger partial charge < -0.3 is 4.90 Å². The van der Waals surface area contributed by atoms with E-state index in [0.29, 0.717) is 16.9 Å². The first-order valence-corrected chi connectivity index (χ1v) is 9.01. The Kier molecular flexibility index (Phi) is 6.94. The van der Waals surface area contributed by atoms with E-state index in [1.54, 1.807) is 19.2 Å². The fourth-order valence-corrected chi connectivity index (χ4v) is 4.07. The van der Waals surface area contributed by atoms with Crippen molar-refractivity contribution < 1.29 is 8.42 Å². The van der Waals surface area contributed by atoms with Crippen LogP contribution in [0.5, 0.6) is 0 Å². The Bertz CT molecular complexity index is 549. The van der Waals surface area contributed by atoms with Crippen LogP contribution < -0.4 is 0 Å². The second-order valence-electron chi connectivity index (χ2n) is 4.88. The van der Waals surface area contributed by atoms with Gasteiger partial charge in [0.25, 0.3) is 0 Å². The smallest absolute Gasteiger partial charge is 0.243 e. The minimum absolute atomic E-state index is 0.267. The van der Waals surface area contributed by atoms with Crippen molar-refractivity contribution in [2.24, 2.45) is 0 Å². The summed E-state index contributed by atoms with van der Waals surface area (Å²) in [6.45, 7) is 1.33. The number of rotatable bonds is 7. The van der Waals surface area contributed by atoms with Crippen LogP contribution in [0.4, 0.5) is 0 Å². The summed E-state index contributed by atoms with van der Waals surface area (Å²) in [4.78, 5) is 2.30. The number of hydrogen-bond acceptors (Lipinski definition) is 3. The number of halogens is 2. The molecule has 0 aliphatic carbocycles. The highest BCUT2D eigenvalue weighted by Crippen LogP contribution is 2.26. The van der Waals surface area contributed by atoms with E-state index in [1.165, 1.54) is 4.31 Å². The fourth-order valence-electron chi connectivity index (χ4n) is 1.73. The molecule has 0 unspecified atom stereocenters. The van der Waals surface area contributed by atoms with Gasteiger partial charge in [-0.1, -0.05) is 6.07 Å². The summed E-state index contributed by atoms with van der Waals surface area (Å²) >= 11 is 9.07. The Morgan fingerprint density at radius 3 is 2.40 bits per heavy atom. The lowest BCUT2D eigenvalue weighted by atomic mass is 10.2. The molecule has 0 aliphatic heterocycles. The van der Waals surface area contributed by atoms with Crippen molar-refractivity contribution in [2.75, 3.05) is 34.2 Å². The molecular formula is C13H20BrClN2O2S. The van der Waals surface area contributed by atoms with Gasteiger partial charge in [-0.05, 0) is 60.7 Å². The quantitative estimate of drug-likeness (QED) is 0.680. The number of benzene rings is 1. The highest BCUT2D eigenvalue weighted by Gasteiger charge is 2.23. The van der Waals surface area contributed by atoms with Crippen LogP contribution in [0.3, 0.4) is 0 Å². The van der Waals surface area contributed by atoms with Gasteiger partial charge in [-0.3, -0.25) is 0 Å². The molecule has 1 aromatic carbocycles. The zero-order valence-corrected chi connectivity index (χ0v) is 15.1. The zero-order chi connectivity index (χ0) is 15.3. The molecule has 7 heteroatoms. The highest BCUT2D eigenvalue weighted by molar-refractivity contribution is 9.10. The van der Waals surface area contributed by atoms with Crippen molar-refractivity contribution in [2.45, 2.75) is 17.2 Å². The largest absolute Gasteiger partial charge is 0.309 e. The van der Waals surface area contributed by atoms with Crippen molar-refractivity contribution >= 4 is 37.6 Å². The number of alkyl halides is 1. The summed E-state index contributed by atoms with van der Waals surface area (Å²) in [6.07, 6.45) is 0.787. The second-order valence-corrected chi connectivity index (χ2v) is 8.02. The standard InChI is InChI=1S/C13H20BrClN2O2S/c1-16(2)7-4-8-17(3)20(18,19)13-9-11(10-15)5-6-12(13)14/h5-6,9H,4,7-8,10H2,1-3H3. The Balaban J connectivity index is 2.92. The van der Waals surface area contributed by atoms with Gasteiger partial charge in [0.15, 0.2) is 0 Å². The van der Waals surface area contributed by atoms with Crippen LogP contribution in [0, 0.1) is 0 Å². The summed E-state index contributed by atoms with van der Waals surface area (Å²) in [5.41, 5.74) is 0.787. The molecule has 0 N–H and O–H groups in total. The van der Waals surface area contributed by atoms with Gasteiger partial charge in [-0.25, -0.2) is 12.7 Å². The maximum atomic E-state index is 12.5. The van der Waals surface area contributed by atoms with Crippen LogP contribution in [-0.4, -0.2) is 51.9 Å². The van der Waals surface area contributed by atoms with Crippen LogP contribution >= 0.6 is 27.5 Å². The lowest BCUT2D eigenvalue weighted by Gasteiger charge is -2.19. The Labute approximate surface area is 134 Å². The van der Waals surface area contributed by atoms with Gasteiger partial charge in [-0.2, -0.15) is 0 Å². The molecule has 114 valence electrons. The predicted molar refractivity (Wildman–Crippen MR) is 86.7 cm³/mol. The molecule has 0 bridgehead atoms. The van der Waals surface area contributed by atoms with Gasteiger partial charge in [-0.15, -0.1) is 11.6 Å². The first-order valence-electron chi connectivity index (χ1n) is 6.24. The molecule has 0 aromatic heterocycles. The van der Waals surface area contributed by atoms with Crippen molar-refractivity contribution in [1.82, 2.24) is 9.21 Å². The third kappa shape index (κ3) is 4.70. The van der Waals surface area contributed by atoms with E-state index < -0.39 is 10.0 Å². The summed E-state index contributed by atoms with van der Waals surface area (Å²) in [5, 5.41) is 0. The lowest BCUT2D eigenvalue weighted by Crippen LogP contribution is -2.30. The summed E-state index contributed by atoms with van der Waals surface area (Å²) in [6, 6.07) is 5.15. The van der Waals surface area contributed by atoms with E-state index in [9.17, 15) is 8.42 Å². The van der Waals surface area contributed by atoms with Crippen molar-refractivity contribution in [3.63, 3.8) is 0 Å². The van der Waals surface area contributed by atoms with Gasteiger partial charge in [0.2, 0.25) is 10.0 Å². The van der Waals surface area contributed by atoms with Gasteiger partial charge in [0, 0.05) is 23.9 Å². The Morgan fingerprint density at radius 1 is 1.20 bits per heavy atom. The average molecular weight is 384 g/mol. The maximum Gasteiger partial charge on any atom is 0.243 e. The second kappa shape index (κ2) is 7.75. The van der Waals surface area contributed by atoms with Crippen LogP contribution in [0.2, 0.25) is 0 Å². The van der Waals surface area contributed by atoms with E-state index in [1.807, 2.05) is 25.1 Å². The van der Waals surface area contributed by atoms with E-state index in [2.05, 4.69) is 15.9 Å². The molecule has 0 saturated carbocycles. The molecule has 0 amide bonds. The number of sulfonamides is 1. The van der Waals surface area contributed by atoms with E-state index >= 15 is 0 Å². The molecule has 0 fully saturated rings. The lowest BCUT2D eigenvalue weighted by molar-refractivity contribution is 0.370. The number of hydrogen-bond donors (Lipinski definition) is 0. The van der Waals surface area contributed by atoms with E-state index in [-0.39, 0.29) is 4.90 Å². The highest BCUT2D eigenvalue weighted by atomic mass is 79.9. The number of nitrogens with zero attached hydrogens (tertiary/aromatic N) is 2. The minimum atomic E-state index is -3.49. The monoisotopic (exact) mass is 382 g/mol. The van der Waals surface area contributed by atoms with Crippen LogP contribution in [-0.2, 0) is 15.9 Å². The van der Waals surface area contributed by atoms with E-state index in [4.69, 9.17) is 11.6 Å². The molecular weight excluding hydrogens is 364 g/mol. The molecule has 0 spiro atoms. The molecule has 4 nitrogen and oxygen atoms in total. The van der Waals surface area contributed by atoms with E-state index in [0.717, 1.165) is 18.5 Å². The fraction of sp³-hybridized carbons (Fsp3) is 0.538. The molecule has 0 atom stereocenters. The van der Waals surface area contributed by atoms with Gasteiger partial charge >= 0.3 is 0 Å². The predicted octanol–water partition coefficient (Wildman–Crippen LogP) is 2.76. The first kappa shape index (κ1) is 17.9. The molecule has 1 rings (SSSR count). The molecule has 0 saturated heterocycles. The third-order valence-electron chi connectivity index (χ3n) is 2.92. The SMILES string of the molecule is CN(C)CCCN(C)S(=O)(=O)c1cc(CCl)ccc1Br. The average Bonchev–Trinajstić information content (AvgIpc) is 2.38. The topological polar surface area (TPSA) is 40.6 Å². The molecule has 0 aliphatic rings. The zero-order valence-electron chi connectivity index (χ0n) is 11.9. The van der Waals surface area contributed by atoms with Crippen LogP contribution in [0.25, 0.3) is 0 Å². The molecule has 20 heavy (non-hydrogen) atoms. The maximum absolute atomic E-state index is 12.5.